The van der Waals surface area contributed by atoms with Gasteiger partial charge >= 0.3 is 0 Å². The van der Waals surface area contributed by atoms with Gasteiger partial charge in [0.05, 0.1) is 0 Å². The monoisotopic (exact) mass is 269 g/mol. The molecule has 1 aromatic rings. The summed E-state index contributed by atoms with van der Waals surface area (Å²) in [7, 11) is 0. The zero-order valence-corrected chi connectivity index (χ0v) is 12.2. The van der Waals surface area contributed by atoms with Crippen molar-refractivity contribution < 1.29 is 4.79 Å². The number of anilines is 1. The molecule has 4 atom stereocenters. The van der Waals surface area contributed by atoms with E-state index in [0.29, 0.717) is 17.6 Å². The summed E-state index contributed by atoms with van der Waals surface area (Å²) in [4.78, 5) is 12.3. The fraction of sp³-hybridized carbons (Fsp3) is 0.611. The molecule has 20 heavy (non-hydrogen) atoms. The lowest BCUT2D eigenvalue weighted by Gasteiger charge is -2.48. The van der Waals surface area contributed by atoms with Gasteiger partial charge in [0.1, 0.15) is 5.78 Å². The number of nitrogen functional groups attached to an aromatic ring is 1. The Kier molecular flexibility index (Phi) is 2.55. The number of Topliss-reactive ketones (excluding diaryl/α,β-unsaturated/α-hetero) is 1. The number of rotatable bonds is 0. The van der Waals surface area contributed by atoms with Crippen molar-refractivity contribution >= 4 is 11.5 Å². The standard InChI is InChI=1S/C18H23NO/c1-18-9-8-14-13-5-3-12(19)10-11(13)2-4-15(14)16(18)6-7-17(18)20/h3,5,10,14-16H,2,4,6-9,19H2,1H3/t14-,15-,16-,18-/m0/s1. The topological polar surface area (TPSA) is 43.1 Å². The van der Waals surface area contributed by atoms with E-state index in [-0.39, 0.29) is 5.41 Å². The van der Waals surface area contributed by atoms with Crippen LogP contribution < -0.4 is 5.73 Å². The van der Waals surface area contributed by atoms with Crippen molar-refractivity contribution in [3.8, 4) is 0 Å². The van der Waals surface area contributed by atoms with Crippen molar-refractivity contribution in [2.24, 2.45) is 17.3 Å². The molecule has 0 aliphatic heterocycles. The summed E-state index contributed by atoms with van der Waals surface area (Å²) < 4.78 is 0. The van der Waals surface area contributed by atoms with E-state index in [9.17, 15) is 4.79 Å². The van der Waals surface area contributed by atoms with Gasteiger partial charge in [-0.2, -0.15) is 0 Å². The van der Waals surface area contributed by atoms with Crippen LogP contribution in [0.3, 0.4) is 0 Å². The quantitative estimate of drug-likeness (QED) is 0.730. The Bertz CT molecular complexity index is 579. The average molecular weight is 269 g/mol. The van der Waals surface area contributed by atoms with Gasteiger partial charge < -0.3 is 5.73 Å². The van der Waals surface area contributed by atoms with Gasteiger partial charge in [0, 0.05) is 17.5 Å². The molecule has 0 spiro atoms. The molecule has 0 amide bonds. The van der Waals surface area contributed by atoms with Gasteiger partial charge in [0.25, 0.3) is 0 Å². The number of ketones is 1. The van der Waals surface area contributed by atoms with Crippen LogP contribution in [0, 0.1) is 17.3 Å². The number of hydrogen-bond donors (Lipinski definition) is 1. The first-order valence-electron chi connectivity index (χ1n) is 8.01. The van der Waals surface area contributed by atoms with E-state index in [2.05, 4.69) is 25.1 Å². The first-order valence-corrected chi connectivity index (χ1v) is 8.01. The lowest BCUT2D eigenvalue weighted by atomic mass is 9.55. The van der Waals surface area contributed by atoms with Crippen molar-refractivity contribution in [3.05, 3.63) is 29.3 Å². The zero-order valence-electron chi connectivity index (χ0n) is 12.2. The van der Waals surface area contributed by atoms with Gasteiger partial charge in [-0.3, -0.25) is 4.79 Å². The highest BCUT2D eigenvalue weighted by molar-refractivity contribution is 5.87. The smallest absolute Gasteiger partial charge is 0.139 e. The van der Waals surface area contributed by atoms with Crippen LogP contribution in [0.1, 0.15) is 56.1 Å². The molecular formula is C18H23NO. The van der Waals surface area contributed by atoms with Gasteiger partial charge in [-0.15, -0.1) is 0 Å². The normalized spacial score (nSPS) is 39.0. The molecule has 106 valence electrons. The maximum Gasteiger partial charge on any atom is 0.139 e. The lowest BCUT2D eigenvalue weighted by Crippen LogP contribution is -2.42. The van der Waals surface area contributed by atoms with Crippen LogP contribution >= 0.6 is 0 Å². The molecule has 0 unspecified atom stereocenters. The Hall–Kier alpha value is -1.31. The van der Waals surface area contributed by atoms with E-state index >= 15 is 0 Å². The highest BCUT2D eigenvalue weighted by Crippen LogP contribution is 2.59. The maximum absolute atomic E-state index is 12.3. The summed E-state index contributed by atoms with van der Waals surface area (Å²) in [6.07, 6.45) is 6.60. The number of aryl methyl sites for hydroxylation is 1. The van der Waals surface area contributed by atoms with Crippen molar-refractivity contribution in [2.45, 2.75) is 51.4 Å². The molecule has 3 aliphatic rings. The predicted molar refractivity (Wildman–Crippen MR) is 80.5 cm³/mol. The van der Waals surface area contributed by atoms with Crippen LogP contribution in [0.5, 0.6) is 0 Å². The van der Waals surface area contributed by atoms with E-state index in [1.807, 2.05) is 0 Å². The third-order valence-corrected chi connectivity index (χ3v) is 6.46. The molecule has 0 radical (unpaired) electrons. The van der Waals surface area contributed by atoms with E-state index in [4.69, 9.17) is 5.73 Å². The van der Waals surface area contributed by atoms with Crippen LogP contribution in [0.15, 0.2) is 18.2 Å². The second kappa shape index (κ2) is 4.09. The van der Waals surface area contributed by atoms with Gasteiger partial charge in [-0.05, 0) is 73.1 Å². The molecule has 2 fully saturated rings. The molecule has 2 nitrogen and oxygen atoms in total. The van der Waals surface area contributed by atoms with Crippen LogP contribution in [-0.4, -0.2) is 5.78 Å². The first-order chi connectivity index (χ1) is 9.59. The summed E-state index contributed by atoms with van der Waals surface area (Å²) in [6.45, 7) is 2.24. The van der Waals surface area contributed by atoms with E-state index in [1.54, 1.807) is 0 Å². The molecule has 4 rings (SSSR count). The SMILES string of the molecule is C[C@]12CC[C@H]3c4ccc(N)cc4CC[C@@H]3[C@@H]1CCC2=O. The molecule has 2 heteroatoms. The Balaban J connectivity index is 1.73. The van der Waals surface area contributed by atoms with E-state index < -0.39 is 0 Å². The maximum atomic E-state index is 12.3. The van der Waals surface area contributed by atoms with E-state index in [1.165, 1.54) is 24.0 Å². The summed E-state index contributed by atoms with van der Waals surface area (Å²) in [5.74, 6) is 2.54. The summed E-state index contributed by atoms with van der Waals surface area (Å²) in [6, 6.07) is 6.47. The molecular weight excluding hydrogens is 246 g/mol. The molecule has 0 aromatic heterocycles. The molecule has 1 aromatic carbocycles. The first kappa shape index (κ1) is 12.4. The fourth-order valence-corrected chi connectivity index (χ4v) is 5.37. The Morgan fingerprint density at radius 2 is 2.05 bits per heavy atom. The van der Waals surface area contributed by atoms with Crippen LogP contribution in [0.4, 0.5) is 5.69 Å². The summed E-state index contributed by atoms with van der Waals surface area (Å²) in [5, 5.41) is 0. The lowest BCUT2D eigenvalue weighted by molar-refractivity contribution is -0.129. The summed E-state index contributed by atoms with van der Waals surface area (Å²) >= 11 is 0. The van der Waals surface area contributed by atoms with Crippen LogP contribution in [0.25, 0.3) is 0 Å². The van der Waals surface area contributed by atoms with E-state index in [0.717, 1.165) is 37.3 Å². The Morgan fingerprint density at radius 1 is 1.20 bits per heavy atom. The third-order valence-electron chi connectivity index (χ3n) is 6.46. The summed E-state index contributed by atoms with van der Waals surface area (Å²) in [5.41, 5.74) is 9.79. The van der Waals surface area contributed by atoms with Crippen molar-refractivity contribution in [1.29, 1.82) is 0 Å². The molecule has 2 saturated carbocycles. The van der Waals surface area contributed by atoms with Gasteiger partial charge in [-0.1, -0.05) is 13.0 Å². The Labute approximate surface area is 120 Å². The Morgan fingerprint density at radius 3 is 2.90 bits per heavy atom. The average Bonchev–Trinajstić information content (AvgIpc) is 2.74. The van der Waals surface area contributed by atoms with Crippen LogP contribution in [-0.2, 0) is 11.2 Å². The molecule has 0 heterocycles. The number of hydrogen-bond acceptors (Lipinski definition) is 2. The van der Waals surface area contributed by atoms with Crippen molar-refractivity contribution in [3.63, 3.8) is 0 Å². The van der Waals surface area contributed by atoms with Crippen molar-refractivity contribution in [2.75, 3.05) is 5.73 Å². The van der Waals surface area contributed by atoms with Gasteiger partial charge in [0.2, 0.25) is 0 Å². The number of benzene rings is 1. The number of fused-ring (bicyclic) bond motifs is 5. The van der Waals surface area contributed by atoms with Crippen LogP contribution in [0.2, 0.25) is 0 Å². The third kappa shape index (κ3) is 1.54. The predicted octanol–water partition coefficient (Wildman–Crippen LogP) is 3.69. The molecule has 0 bridgehead atoms. The number of nitrogens with two attached hydrogens (primary N) is 1. The van der Waals surface area contributed by atoms with Crippen molar-refractivity contribution in [1.82, 2.24) is 0 Å². The molecule has 3 aliphatic carbocycles. The minimum absolute atomic E-state index is 0.00746. The highest BCUT2D eigenvalue weighted by Gasteiger charge is 2.54. The van der Waals surface area contributed by atoms with Gasteiger partial charge in [-0.25, -0.2) is 0 Å². The number of carbonyl (C=O) groups excluding carboxylic acids is 1. The molecule has 0 saturated heterocycles. The zero-order chi connectivity index (χ0) is 13.9. The van der Waals surface area contributed by atoms with Gasteiger partial charge in [0.15, 0.2) is 0 Å². The second-order valence-electron chi connectivity index (χ2n) is 7.29. The number of carbonyl (C=O) groups is 1. The minimum atomic E-state index is -0.00746. The molecule has 2 N–H and O–H groups in total. The minimum Gasteiger partial charge on any atom is -0.399 e. The largest absolute Gasteiger partial charge is 0.399 e. The second-order valence-corrected chi connectivity index (χ2v) is 7.29. The fourth-order valence-electron chi connectivity index (χ4n) is 5.37. The highest BCUT2D eigenvalue weighted by atomic mass is 16.1.